The van der Waals surface area contributed by atoms with Gasteiger partial charge in [0.15, 0.2) is 0 Å². The summed E-state index contributed by atoms with van der Waals surface area (Å²) in [5.74, 6) is -0.453. The van der Waals surface area contributed by atoms with Gasteiger partial charge in [-0.05, 0) is 31.5 Å². The van der Waals surface area contributed by atoms with Crippen molar-refractivity contribution in [2.75, 3.05) is 13.1 Å². The smallest absolute Gasteiger partial charge is 0.317 e. The van der Waals surface area contributed by atoms with Crippen LogP contribution in [0.2, 0.25) is 5.02 Å². The van der Waals surface area contributed by atoms with E-state index in [1.807, 2.05) is 13.8 Å². The van der Waals surface area contributed by atoms with E-state index >= 15 is 0 Å². The molecule has 94 valence electrons. The minimum atomic E-state index is -0.453. The Morgan fingerprint density at radius 2 is 2.06 bits per heavy atom. The number of carbonyl (C=O) groups is 1. The van der Waals surface area contributed by atoms with Crippen molar-refractivity contribution in [3.63, 3.8) is 0 Å². The highest BCUT2D eigenvalue weighted by Gasteiger charge is 2.08. The van der Waals surface area contributed by atoms with E-state index in [0.717, 1.165) is 5.56 Å². The van der Waals surface area contributed by atoms with Crippen LogP contribution < -0.4 is 5.32 Å². The van der Waals surface area contributed by atoms with E-state index in [1.165, 1.54) is 12.1 Å². The van der Waals surface area contributed by atoms with Crippen LogP contribution in [0.15, 0.2) is 18.2 Å². The van der Waals surface area contributed by atoms with Crippen LogP contribution in [0.4, 0.5) is 9.18 Å². The summed E-state index contributed by atoms with van der Waals surface area (Å²) in [4.78, 5) is 13.3. The van der Waals surface area contributed by atoms with Crippen molar-refractivity contribution in [3.8, 4) is 0 Å². The number of benzene rings is 1. The molecule has 0 unspecified atom stereocenters. The predicted molar refractivity (Wildman–Crippen MR) is 66.6 cm³/mol. The summed E-state index contributed by atoms with van der Waals surface area (Å²) in [5.41, 5.74) is 0.775. The number of hydrogen-bond acceptors (Lipinski definition) is 1. The highest BCUT2D eigenvalue weighted by Crippen LogP contribution is 2.15. The summed E-state index contributed by atoms with van der Waals surface area (Å²) < 4.78 is 12.9. The standard InChI is InChI=1S/C12H16ClFN2O/c1-3-16(4-2)12(17)15-8-9-5-6-11(14)10(13)7-9/h5-7H,3-4,8H2,1-2H3,(H,15,17). The van der Waals surface area contributed by atoms with E-state index in [1.54, 1.807) is 11.0 Å². The first kappa shape index (κ1) is 13.8. The number of halogens is 2. The summed E-state index contributed by atoms with van der Waals surface area (Å²) in [6.07, 6.45) is 0. The van der Waals surface area contributed by atoms with E-state index in [2.05, 4.69) is 5.32 Å². The molecule has 0 aliphatic heterocycles. The molecule has 0 atom stereocenters. The Labute approximate surface area is 106 Å². The van der Waals surface area contributed by atoms with Crippen LogP contribution in [0.5, 0.6) is 0 Å². The zero-order valence-electron chi connectivity index (χ0n) is 9.96. The lowest BCUT2D eigenvalue weighted by atomic mass is 10.2. The fraction of sp³-hybridized carbons (Fsp3) is 0.417. The quantitative estimate of drug-likeness (QED) is 0.885. The SMILES string of the molecule is CCN(CC)C(=O)NCc1ccc(F)c(Cl)c1. The Hall–Kier alpha value is -1.29. The van der Waals surface area contributed by atoms with Gasteiger partial charge in [0.2, 0.25) is 0 Å². The summed E-state index contributed by atoms with van der Waals surface area (Å²) in [6.45, 7) is 5.49. The van der Waals surface area contributed by atoms with Gasteiger partial charge < -0.3 is 10.2 Å². The molecule has 1 rings (SSSR count). The molecule has 3 nitrogen and oxygen atoms in total. The fourth-order valence-electron chi connectivity index (χ4n) is 1.45. The molecule has 0 fully saturated rings. The van der Waals surface area contributed by atoms with E-state index in [-0.39, 0.29) is 11.1 Å². The Morgan fingerprint density at radius 3 is 2.59 bits per heavy atom. The minimum absolute atomic E-state index is 0.0691. The molecule has 1 aromatic rings. The number of nitrogens with zero attached hydrogens (tertiary/aromatic N) is 1. The van der Waals surface area contributed by atoms with Crippen LogP contribution in [0.25, 0.3) is 0 Å². The normalized spacial score (nSPS) is 10.1. The molecule has 0 aromatic heterocycles. The molecule has 0 saturated carbocycles. The van der Waals surface area contributed by atoms with Crippen LogP contribution in [-0.4, -0.2) is 24.0 Å². The number of rotatable bonds is 4. The first-order valence-electron chi connectivity index (χ1n) is 5.55. The van der Waals surface area contributed by atoms with Gasteiger partial charge in [0.1, 0.15) is 5.82 Å². The lowest BCUT2D eigenvalue weighted by Gasteiger charge is -2.19. The van der Waals surface area contributed by atoms with E-state index in [0.29, 0.717) is 19.6 Å². The van der Waals surface area contributed by atoms with Gasteiger partial charge in [0.05, 0.1) is 5.02 Å². The van der Waals surface area contributed by atoms with Gasteiger partial charge in [0, 0.05) is 19.6 Å². The largest absolute Gasteiger partial charge is 0.334 e. The van der Waals surface area contributed by atoms with E-state index < -0.39 is 5.82 Å². The zero-order chi connectivity index (χ0) is 12.8. The monoisotopic (exact) mass is 258 g/mol. The van der Waals surface area contributed by atoms with Gasteiger partial charge in [-0.1, -0.05) is 17.7 Å². The highest BCUT2D eigenvalue weighted by atomic mass is 35.5. The average molecular weight is 259 g/mol. The third-order valence-corrected chi connectivity index (χ3v) is 2.77. The Balaban J connectivity index is 2.55. The molecule has 0 bridgehead atoms. The summed E-state index contributed by atoms with van der Waals surface area (Å²) >= 11 is 5.65. The maximum atomic E-state index is 12.9. The van der Waals surface area contributed by atoms with Gasteiger partial charge in [-0.25, -0.2) is 9.18 Å². The minimum Gasteiger partial charge on any atom is -0.334 e. The van der Waals surface area contributed by atoms with Crippen LogP contribution >= 0.6 is 11.6 Å². The van der Waals surface area contributed by atoms with Crippen molar-refractivity contribution in [2.45, 2.75) is 20.4 Å². The lowest BCUT2D eigenvalue weighted by Crippen LogP contribution is -2.39. The van der Waals surface area contributed by atoms with Crippen molar-refractivity contribution in [1.29, 1.82) is 0 Å². The Morgan fingerprint density at radius 1 is 1.41 bits per heavy atom. The van der Waals surface area contributed by atoms with E-state index in [4.69, 9.17) is 11.6 Å². The van der Waals surface area contributed by atoms with Gasteiger partial charge in [-0.15, -0.1) is 0 Å². The topological polar surface area (TPSA) is 32.3 Å². The van der Waals surface area contributed by atoms with Crippen molar-refractivity contribution < 1.29 is 9.18 Å². The first-order chi connectivity index (χ1) is 8.08. The summed E-state index contributed by atoms with van der Waals surface area (Å²) in [5, 5.41) is 2.82. The van der Waals surface area contributed by atoms with Gasteiger partial charge >= 0.3 is 6.03 Å². The molecule has 1 aromatic carbocycles. The number of hydrogen-bond donors (Lipinski definition) is 1. The van der Waals surface area contributed by atoms with Crippen molar-refractivity contribution in [2.24, 2.45) is 0 Å². The molecule has 0 aliphatic rings. The molecular weight excluding hydrogens is 243 g/mol. The molecular formula is C12H16ClFN2O. The predicted octanol–water partition coefficient (Wildman–Crippen LogP) is 3.03. The summed E-state index contributed by atoms with van der Waals surface area (Å²) in [7, 11) is 0. The Bertz CT molecular complexity index is 394. The van der Waals surface area contributed by atoms with Gasteiger partial charge in [-0.3, -0.25) is 0 Å². The number of carbonyl (C=O) groups excluding carboxylic acids is 1. The fourth-order valence-corrected chi connectivity index (χ4v) is 1.65. The van der Waals surface area contributed by atoms with Crippen molar-refractivity contribution >= 4 is 17.6 Å². The van der Waals surface area contributed by atoms with Gasteiger partial charge in [-0.2, -0.15) is 0 Å². The maximum Gasteiger partial charge on any atom is 0.317 e. The number of nitrogens with one attached hydrogen (secondary N) is 1. The molecule has 0 spiro atoms. The maximum absolute atomic E-state index is 12.9. The highest BCUT2D eigenvalue weighted by molar-refractivity contribution is 6.30. The number of amides is 2. The third-order valence-electron chi connectivity index (χ3n) is 2.48. The van der Waals surface area contributed by atoms with Gasteiger partial charge in [0.25, 0.3) is 0 Å². The second kappa shape index (κ2) is 6.45. The molecule has 0 saturated heterocycles. The van der Waals surface area contributed by atoms with Crippen LogP contribution in [0, 0.1) is 5.82 Å². The van der Waals surface area contributed by atoms with Crippen LogP contribution in [0.3, 0.4) is 0 Å². The average Bonchev–Trinajstić information content (AvgIpc) is 2.32. The van der Waals surface area contributed by atoms with Crippen LogP contribution in [-0.2, 0) is 6.54 Å². The molecule has 17 heavy (non-hydrogen) atoms. The lowest BCUT2D eigenvalue weighted by molar-refractivity contribution is 0.203. The molecule has 0 heterocycles. The molecule has 1 N–H and O–H groups in total. The number of urea groups is 1. The zero-order valence-corrected chi connectivity index (χ0v) is 10.7. The Kier molecular flexibility index (Phi) is 5.22. The molecule has 0 radical (unpaired) electrons. The second-order valence-corrected chi connectivity index (χ2v) is 3.99. The molecule has 2 amide bonds. The second-order valence-electron chi connectivity index (χ2n) is 3.58. The molecule has 5 heteroatoms. The van der Waals surface area contributed by atoms with E-state index in [9.17, 15) is 9.18 Å². The van der Waals surface area contributed by atoms with Crippen molar-refractivity contribution in [3.05, 3.63) is 34.6 Å². The van der Waals surface area contributed by atoms with Crippen LogP contribution in [0.1, 0.15) is 19.4 Å². The summed E-state index contributed by atoms with van der Waals surface area (Å²) in [6, 6.07) is 4.28. The first-order valence-corrected chi connectivity index (χ1v) is 5.93. The third kappa shape index (κ3) is 3.89. The van der Waals surface area contributed by atoms with Crippen molar-refractivity contribution in [1.82, 2.24) is 10.2 Å². The molecule has 0 aliphatic carbocycles.